The van der Waals surface area contributed by atoms with E-state index in [1.165, 1.54) is 6.42 Å². The number of rotatable bonds is 4. The number of carbonyl (C=O) groups excluding carboxylic acids is 1. The lowest BCUT2D eigenvalue weighted by atomic mass is 10.0. The monoisotopic (exact) mass is 405 g/mol. The van der Waals surface area contributed by atoms with Crippen molar-refractivity contribution in [3.05, 3.63) is 35.9 Å². The Kier molecular flexibility index (Phi) is 6.04. The molecule has 0 bridgehead atoms. The lowest BCUT2D eigenvalue weighted by Crippen LogP contribution is -2.54. The summed E-state index contributed by atoms with van der Waals surface area (Å²) in [5.74, 6) is 0.836. The van der Waals surface area contributed by atoms with Crippen LogP contribution in [-0.4, -0.2) is 85.8 Å². The fourth-order valence-corrected chi connectivity index (χ4v) is 6.62. The van der Waals surface area contributed by atoms with E-state index >= 15 is 0 Å². The third-order valence-corrected chi connectivity index (χ3v) is 8.21. The molecule has 0 radical (unpaired) electrons. The molecular formula is C21H31N3O3S. The largest absolute Gasteiger partial charge is 0.341 e. The number of benzene rings is 1. The van der Waals surface area contributed by atoms with E-state index in [-0.39, 0.29) is 18.0 Å². The predicted molar refractivity (Wildman–Crippen MR) is 110 cm³/mol. The molecule has 0 spiro atoms. The number of piperazine rings is 1. The van der Waals surface area contributed by atoms with E-state index in [2.05, 4.69) is 21.9 Å². The van der Waals surface area contributed by atoms with Gasteiger partial charge in [0.1, 0.15) is 6.04 Å². The van der Waals surface area contributed by atoms with Crippen molar-refractivity contribution in [2.45, 2.75) is 37.8 Å². The van der Waals surface area contributed by atoms with Crippen molar-refractivity contribution < 1.29 is 13.2 Å². The summed E-state index contributed by atoms with van der Waals surface area (Å²) in [7, 11) is -2.86. The van der Waals surface area contributed by atoms with Crippen LogP contribution in [0.15, 0.2) is 30.3 Å². The Morgan fingerprint density at radius 3 is 2.21 bits per heavy atom. The van der Waals surface area contributed by atoms with Crippen LogP contribution in [0.2, 0.25) is 0 Å². The number of likely N-dealkylation sites (tertiary alicyclic amines) is 1. The van der Waals surface area contributed by atoms with Crippen LogP contribution in [-0.2, 0) is 14.6 Å². The summed E-state index contributed by atoms with van der Waals surface area (Å²) < 4.78 is 23.6. The Labute approximate surface area is 168 Å². The quantitative estimate of drug-likeness (QED) is 0.761. The molecule has 0 aliphatic carbocycles. The molecule has 3 aliphatic heterocycles. The van der Waals surface area contributed by atoms with Crippen LogP contribution >= 0.6 is 0 Å². The second-order valence-corrected chi connectivity index (χ2v) is 10.6. The van der Waals surface area contributed by atoms with Gasteiger partial charge in [0.2, 0.25) is 5.91 Å². The van der Waals surface area contributed by atoms with Crippen LogP contribution < -0.4 is 0 Å². The molecule has 2 unspecified atom stereocenters. The number of piperidine rings is 1. The van der Waals surface area contributed by atoms with Gasteiger partial charge in [-0.2, -0.15) is 0 Å². The van der Waals surface area contributed by atoms with Crippen molar-refractivity contribution in [3.8, 4) is 0 Å². The number of amides is 1. The summed E-state index contributed by atoms with van der Waals surface area (Å²) in [4.78, 5) is 20.1. The van der Waals surface area contributed by atoms with Crippen LogP contribution in [0.3, 0.4) is 0 Å². The van der Waals surface area contributed by atoms with Gasteiger partial charge in [-0.3, -0.25) is 14.6 Å². The standard InChI is InChI=1S/C21H31N3O3S/c25-21(24-10-5-2-6-11-24)20(18-7-3-1-4-8-18)23-14-12-22(13-15-23)19-9-16-28(26,27)17-19/h1,3-4,7-8,19-20H,2,5-6,9-17H2. The van der Waals surface area contributed by atoms with Gasteiger partial charge >= 0.3 is 0 Å². The normalized spacial score (nSPS) is 27.6. The maximum atomic E-state index is 13.4. The van der Waals surface area contributed by atoms with Crippen LogP contribution in [0.4, 0.5) is 0 Å². The van der Waals surface area contributed by atoms with Crippen molar-refractivity contribution in [1.82, 2.24) is 14.7 Å². The summed E-state index contributed by atoms with van der Waals surface area (Å²) in [6, 6.07) is 10.0. The number of sulfone groups is 1. The molecule has 6 nitrogen and oxygen atoms in total. The van der Waals surface area contributed by atoms with E-state index in [0.717, 1.165) is 64.1 Å². The molecule has 3 fully saturated rings. The van der Waals surface area contributed by atoms with Crippen LogP contribution in [0, 0.1) is 0 Å². The van der Waals surface area contributed by atoms with Crippen molar-refractivity contribution in [1.29, 1.82) is 0 Å². The zero-order chi connectivity index (χ0) is 19.6. The molecule has 154 valence electrons. The Bertz CT molecular complexity index is 769. The lowest BCUT2D eigenvalue weighted by Gasteiger charge is -2.42. The minimum Gasteiger partial charge on any atom is -0.341 e. The Balaban J connectivity index is 1.46. The minimum absolute atomic E-state index is 0.153. The average Bonchev–Trinajstić information content (AvgIpc) is 3.10. The molecule has 1 aromatic rings. The topological polar surface area (TPSA) is 60.9 Å². The smallest absolute Gasteiger partial charge is 0.244 e. The predicted octanol–water partition coefficient (Wildman–Crippen LogP) is 1.54. The highest BCUT2D eigenvalue weighted by Gasteiger charge is 2.37. The first-order valence-electron chi connectivity index (χ1n) is 10.6. The molecule has 2 atom stereocenters. The first-order valence-corrected chi connectivity index (χ1v) is 12.4. The molecule has 3 heterocycles. The van der Waals surface area contributed by atoms with Crippen molar-refractivity contribution in [2.24, 2.45) is 0 Å². The van der Waals surface area contributed by atoms with Crippen molar-refractivity contribution >= 4 is 15.7 Å². The van der Waals surface area contributed by atoms with Gasteiger partial charge in [0.05, 0.1) is 11.5 Å². The van der Waals surface area contributed by atoms with Crippen molar-refractivity contribution in [2.75, 3.05) is 50.8 Å². The van der Waals surface area contributed by atoms with Crippen LogP contribution in [0.1, 0.15) is 37.3 Å². The van der Waals surface area contributed by atoms with Gasteiger partial charge in [0, 0.05) is 45.3 Å². The highest BCUT2D eigenvalue weighted by molar-refractivity contribution is 7.91. The number of hydrogen-bond donors (Lipinski definition) is 0. The third-order valence-electron chi connectivity index (χ3n) is 6.46. The van der Waals surface area contributed by atoms with Gasteiger partial charge in [-0.1, -0.05) is 30.3 Å². The van der Waals surface area contributed by atoms with Gasteiger partial charge in [-0.15, -0.1) is 0 Å². The van der Waals surface area contributed by atoms with E-state index in [0.29, 0.717) is 11.5 Å². The number of carbonyl (C=O) groups is 1. The molecule has 0 N–H and O–H groups in total. The van der Waals surface area contributed by atoms with Gasteiger partial charge < -0.3 is 4.90 Å². The molecule has 0 saturated carbocycles. The summed E-state index contributed by atoms with van der Waals surface area (Å²) >= 11 is 0. The second-order valence-electron chi connectivity index (χ2n) is 8.33. The SMILES string of the molecule is O=C(C(c1ccccc1)N1CCN(C2CCS(=O)(=O)C2)CC1)N1CCCCC1. The maximum absolute atomic E-state index is 13.4. The molecule has 3 saturated heterocycles. The minimum atomic E-state index is -2.86. The zero-order valence-electron chi connectivity index (χ0n) is 16.5. The Hall–Kier alpha value is -1.44. The lowest BCUT2D eigenvalue weighted by molar-refractivity contribution is -0.139. The van der Waals surface area contributed by atoms with Crippen molar-refractivity contribution in [3.63, 3.8) is 0 Å². The number of nitrogens with zero attached hydrogens (tertiary/aromatic N) is 3. The maximum Gasteiger partial charge on any atom is 0.244 e. The highest BCUT2D eigenvalue weighted by Crippen LogP contribution is 2.27. The highest BCUT2D eigenvalue weighted by atomic mass is 32.2. The molecule has 1 amide bonds. The molecule has 7 heteroatoms. The fraction of sp³-hybridized carbons (Fsp3) is 0.667. The van der Waals surface area contributed by atoms with Crippen LogP contribution in [0.25, 0.3) is 0 Å². The van der Waals surface area contributed by atoms with Gasteiger partial charge in [0.15, 0.2) is 9.84 Å². The molecule has 3 aliphatic rings. The zero-order valence-corrected chi connectivity index (χ0v) is 17.3. The van der Waals surface area contributed by atoms with E-state index in [4.69, 9.17) is 0 Å². The summed E-state index contributed by atoms with van der Waals surface area (Å²) in [6.45, 7) is 4.99. The van der Waals surface area contributed by atoms with E-state index in [1.807, 2.05) is 23.1 Å². The molecule has 1 aromatic carbocycles. The summed E-state index contributed by atoms with van der Waals surface area (Å²) in [5, 5.41) is 0. The number of hydrogen-bond acceptors (Lipinski definition) is 5. The van der Waals surface area contributed by atoms with Crippen LogP contribution in [0.5, 0.6) is 0 Å². The molecule has 4 rings (SSSR count). The molecule has 28 heavy (non-hydrogen) atoms. The third kappa shape index (κ3) is 4.42. The Morgan fingerprint density at radius 1 is 0.929 bits per heavy atom. The van der Waals surface area contributed by atoms with Gasteiger partial charge in [-0.25, -0.2) is 8.42 Å². The van der Waals surface area contributed by atoms with Gasteiger partial charge in [-0.05, 0) is 31.2 Å². The van der Waals surface area contributed by atoms with E-state index in [9.17, 15) is 13.2 Å². The first kappa shape index (κ1) is 19.9. The summed E-state index contributed by atoms with van der Waals surface area (Å²) in [5.41, 5.74) is 1.06. The second kappa shape index (κ2) is 8.51. The molecule has 0 aromatic heterocycles. The average molecular weight is 406 g/mol. The van der Waals surface area contributed by atoms with E-state index in [1.54, 1.807) is 0 Å². The van der Waals surface area contributed by atoms with E-state index < -0.39 is 9.84 Å². The van der Waals surface area contributed by atoms with Gasteiger partial charge in [0.25, 0.3) is 0 Å². The first-order chi connectivity index (χ1) is 13.5. The molecular weight excluding hydrogens is 374 g/mol. The fourth-order valence-electron chi connectivity index (χ4n) is 4.86. The summed E-state index contributed by atoms with van der Waals surface area (Å²) in [6.07, 6.45) is 4.15. The Morgan fingerprint density at radius 2 is 1.61 bits per heavy atom.